The average molecular weight is 158 g/mol. The molecule has 0 radical (unpaired) electrons. The average Bonchev–Trinajstić information content (AvgIpc) is 2.28. The summed E-state index contributed by atoms with van der Waals surface area (Å²) in [6.45, 7) is 1.96. The number of Topliss-reactive ketones (excluding diaryl/α,β-unsaturated/α-hetero) is 1. The minimum absolute atomic E-state index is 0.0599. The quantitative estimate of drug-likeness (QED) is 0.650. The Labute approximate surface area is 66.4 Å². The number of hydrogen-bond acceptors (Lipinski definition) is 3. The fraction of sp³-hybridized carbons (Fsp3) is 0.875. The van der Waals surface area contributed by atoms with Crippen LogP contribution in [0.3, 0.4) is 0 Å². The molecule has 1 saturated heterocycles. The second-order valence-electron chi connectivity index (χ2n) is 2.94. The fourth-order valence-electron chi connectivity index (χ4n) is 1.29. The molecule has 0 aromatic heterocycles. The third kappa shape index (κ3) is 2.27. The molecule has 11 heavy (non-hydrogen) atoms. The van der Waals surface area contributed by atoms with Gasteiger partial charge >= 0.3 is 0 Å². The van der Waals surface area contributed by atoms with Gasteiger partial charge in [0, 0.05) is 13.0 Å². The Morgan fingerprint density at radius 2 is 2.45 bits per heavy atom. The van der Waals surface area contributed by atoms with E-state index in [0.717, 1.165) is 12.8 Å². The summed E-state index contributed by atoms with van der Waals surface area (Å²) in [4.78, 5) is 11.0. The van der Waals surface area contributed by atoms with Crippen LogP contribution in [-0.2, 0) is 9.53 Å². The molecule has 2 atom stereocenters. The van der Waals surface area contributed by atoms with Crippen LogP contribution >= 0.6 is 0 Å². The lowest BCUT2D eigenvalue weighted by Gasteiger charge is -2.07. The van der Waals surface area contributed by atoms with Crippen molar-refractivity contribution in [1.29, 1.82) is 0 Å². The molecular formula is C8H14O3. The molecular weight excluding hydrogens is 144 g/mol. The molecule has 1 aliphatic rings. The number of ketones is 1. The van der Waals surface area contributed by atoms with Crippen molar-refractivity contribution < 1.29 is 14.6 Å². The normalized spacial score (nSPS) is 31.3. The van der Waals surface area contributed by atoms with E-state index in [0.29, 0.717) is 6.42 Å². The van der Waals surface area contributed by atoms with Crippen LogP contribution in [0.15, 0.2) is 0 Å². The second-order valence-corrected chi connectivity index (χ2v) is 2.94. The molecule has 0 aromatic rings. The Morgan fingerprint density at radius 3 is 2.91 bits per heavy atom. The summed E-state index contributed by atoms with van der Waals surface area (Å²) in [5, 5.41) is 8.52. The number of carbonyl (C=O) groups is 1. The van der Waals surface area contributed by atoms with Gasteiger partial charge in [0.05, 0.1) is 6.10 Å². The molecule has 1 aliphatic heterocycles. The minimum atomic E-state index is -0.223. The van der Waals surface area contributed by atoms with Gasteiger partial charge in [0.25, 0.3) is 0 Å². The van der Waals surface area contributed by atoms with Crippen LogP contribution in [0.1, 0.15) is 26.2 Å². The number of ether oxygens (including phenoxy) is 1. The summed E-state index contributed by atoms with van der Waals surface area (Å²) in [6, 6.07) is 0. The number of hydrogen-bond donors (Lipinski definition) is 1. The van der Waals surface area contributed by atoms with Crippen LogP contribution < -0.4 is 0 Å². The molecule has 1 N–H and O–H groups in total. The predicted molar refractivity (Wildman–Crippen MR) is 40.3 cm³/mol. The first-order chi connectivity index (χ1) is 5.24. The van der Waals surface area contributed by atoms with Crippen molar-refractivity contribution in [2.45, 2.75) is 38.4 Å². The van der Waals surface area contributed by atoms with Crippen molar-refractivity contribution in [2.75, 3.05) is 6.61 Å². The molecule has 0 aromatic carbocycles. The summed E-state index contributed by atoms with van der Waals surface area (Å²) in [5.41, 5.74) is 0. The van der Waals surface area contributed by atoms with Crippen molar-refractivity contribution in [3.8, 4) is 0 Å². The topological polar surface area (TPSA) is 46.5 Å². The largest absolute Gasteiger partial charge is 0.396 e. The summed E-state index contributed by atoms with van der Waals surface area (Å²) < 4.78 is 5.31. The Hall–Kier alpha value is -0.410. The zero-order valence-corrected chi connectivity index (χ0v) is 6.75. The zero-order valence-electron chi connectivity index (χ0n) is 6.75. The van der Waals surface area contributed by atoms with Gasteiger partial charge in [-0.05, 0) is 19.8 Å². The maximum Gasteiger partial charge on any atom is 0.163 e. The van der Waals surface area contributed by atoms with Gasteiger partial charge in [0.15, 0.2) is 5.78 Å². The van der Waals surface area contributed by atoms with Crippen LogP contribution in [0.5, 0.6) is 0 Å². The van der Waals surface area contributed by atoms with Gasteiger partial charge in [-0.3, -0.25) is 4.79 Å². The van der Waals surface area contributed by atoms with Gasteiger partial charge < -0.3 is 9.84 Å². The van der Waals surface area contributed by atoms with Gasteiger partial charge in [-0.15, -0.1) is 0 Å². The highest BCUT2D eigenvalue weighted by Gasteiger charge is 2.28. The molecule has 3 nitrogen and oxygen atoms in total. The Balaban J connectivity index is 2.24. The van der Waals surface area contributed by atoms with Gasteiger partial charge in [-0.1, -0.05) is 0 Å². The molecule has 1 heterocycles. The summed E-state index contributed by atoms with van der Waals surface area (Å²) in [6.07, 6.45) is 1.89. The number of carbonyl (C=O) groups excluding carboxylic acids is 1. The SMILES string of the molecule is C[C@@H]1O[C@@H](CCCO)CC1=O. The lowest BCUT2D eigenvalue weighted by Crippen LogP contribution is -2.10. The first kappa shape index (κ1) is 8.68. The van der Waals surface area contributed by atoms with E-state index >= 15 is 0 Å². The molecule has 0 aliphatic carbocycles. The Morgan fingerprint density at radius 1 is 1.73 bits per heavy atom. The van der Waals surface area contributed by atoms with E-state index in [9.17, 15) is 4.79 Å². The van der Waals surface area contributed by atoms with Crippen molar-refractivity contribution in [1.82, 2.24) is 0 Å². The van der Waals surface area contributed by atoms with Gasteiger partial charge in [-0.2, -0.15) is 0 Å². The van der Waals surface area contributed by atoms with Crippen LogP contribution in [-0.4, -0.2) is 29.7 Å². The highest BCUT2D eigenvalue weighted by atomic mass is 16.5. The minimum Gasteiger partial charge on any atom is -0.396 e. The van der Waals surface area contributed by atoms with Crippen molar-refractivity contribution in [3.63, 3.8) is 0 Å². The van der Waals surface area contributed by atoms with E-state index in [2.05, 4.69) is 0 Å². The number of aliphatic hydroxyl groups is 1. The van der Waals surface area contributed by atoms with Gasteiger partial charge in [-0.25, -0.2) is 0 Å². The second kappa shape index (κ2) is 3.83. The molecule has 0 amide bonds. The van der Waals surface area contributed by atoms with Gasteiger partial charge in [0.2, 0.25) is 0 Å². The van der Waals surface area contributed by atoms with Crippen molar-refractivity contribution in [3.05, 3.63) is 0 Å². The summed E-state index contributed by atoms with van der Waals surface area (Å²) >= 11 is 0. The molecule has 0 unspecified atom stereocenters. The van der Waals surface area contributed by atoms with E-state index in [1.165, 1.54) is 0 Å². The highest BCUT2D eigenvalue weighted by molar-refractivity contribution is 5.84. The van der Waals surface area contributed by atoms with Gasteiger partial charge in [0.1, 0.15) is 6.10 Å². The molecule has 64 valence electrons. The standard InChI is InChI=1S/C8H14O3/c1-6-8(10)5-7(11-6)3-2-4-9/h6-7,9H,2-5H2,1H3/t6-,7-/m0/s1. The maximum atomic E-state index is 11.0. The van der Waals surface area contributed by atoms with Crippen LogP contribution in [0, 0.1) is 0 Å². The number of aliphatic hydroxyl groups excluding tert-OH is 1. The fourth-order valence-corrected chi connectivity index (χ4v) is 1.29. The smallest absolute Gasteiger partial charge is 0.163 e. The zero-order chi connectivity index (χ0) is 8.27. The molecule has 0 saturated carbocycles. The molecule has 0 spiro atoms. The Kier molecular flexibility index (Phi) is 3.02. The molecule has 3 heteroatoms. The first-order valence-electron chi connectivity index (χ1n) is 4.03. The van der Waals surface area contributed by atoms with Crippen LogP contribution in [0.25, 0.3) is 0 Å². The van der Waals surface area contributed by atoms with Crippen LogP contribution in [0.4, 0.5) is 0 Å². The van der Waals surface area contributed by atoms with Crippen LogP contribution in [0.2, 0.25) is 0 Å². The van der Waals surface area contributed by atoms with E-state index in [4.69, 9.17) is 9.84 Å². The molecule has 0 bridgehead atoms. The van der Waals surface area contributed by atoms with E-state index in [1.54, 1.807) is 6.92 Å². The third-order valence-electron chi connectivity index (χ3n) is 1.96. The number of rotatable bonds is 3. The summed E-state index contributed by atoms with van der Waals surface area (Å²) in [5.74, 6) is 0.188. The van der Waals surface area contributed by atoms with E-state index < -0.39 is 0 Å². The van der Waals surface area contributed by atoms with E-state index in [-0.39, 0.29) is 24.6 Å². The third-order valence-corrected chi connectivity index (χ3v) is 1.96. The maximum absolute atomic E-state index is 11.0. The van der Waals surface area contributed by atoms with Crippen molar-refractivity contribution in [2.24, 2.45) is 0 Å². The molecule has 1 rings (SSSR count). The highest BCUT2D eigenvalue weighted by Crippen LogP contribution is 2.19. The monoisotopic (exact) mass is 158 g/mol. The summed E-state index contributed by atoms with van der Waals surface area (Å²) in [7, 11) is 0. The lowest BCUT2D eigenvalue weighted by atomic mass is 10.1. The van der Waals surface area contributed by atoms with Crippen molar-refractivity contribution >= 4 is 5.78 Å². The lowest BCUT2D eigenvalue weighted by molar-refractivity contribution is -0.121. The van der Waals surface area contributed by atoms with E-state index in [1.807, 2.05) is 0 Å². The Bertz CT molecular complexity index is 144. The predicted octanol–water partition coefficient (Wildman–Crippen LogP) is 0.505. The first-order valence-corrected chi connectivity index (χ1v) is 4.03. The molecule has 1 fully saturated rings.